The Hall–Kier alpha value is -3.00. The summed E-state index contributed by atoms with van der Waals surface area (Å²) in [6.45, 7) is 1.22. The molecule has 0 bridgehead atoms. The molecule has 0 fully saturated rings. The monoisotopic (exact) mass is 410 g/mol. The summed E-state index contributed by atoms with van der Waals surface area (Å²) < 4.78 is 4.67. The first-order chi connectivity index (χ1) is 12.7. The van der Waals surface area contributed by atoms with Gasteiger partial charge in [0.2, 0.25) is 0 Å². The summed E-state index contributed by atoms with van der Waals surface area (Å²) in [4.78, 5) is 12.4. The molecule has 0 saturated carbocycles. The maximum atomic E-state index is 12.4. The third-order valence-electron chi connectivity index (χ3n) is 4.10. The van der Waals surface area contributed by atoms with E-state index in [-0.39, 0.29) is 5.91 Å². The smallest absolute Gasteiger partial charge is 0.251 e. The lowest BCUT2D eigenvalue weighted by Crippen LogP contribution is -2.27. The molecule has 4 aromatic rings. The maximum Gasteiger partial charge on any atom is 0.251 e. The van der Waals surface area contributed by atoms with Crippen molar-refractivity contribution in [2.75, 3.05) is 6.54 Å². The Morgan fingerprint density at radius 2 is 2.08 bits per heavy atom. The molecular weight excluding hydrogens is 396 g/mol. The predicted molar refractivity (Wildman–Crippen MR) is 101 cm³/mol. The van der Waals surface area contributed by atoms with Crippen LogP contribution in [0.5, 0.6) is 0 Å². The summed E-state index contributed by atoms with van der Waals surface area (Å²) in [6, 6.07) is 15.4. The highest BCUT2D eigenvalue weighted by atomic mass is 79.9. The number of fused-ring (bicyclic) bond motifs is 1. The molecule has 0 saturated heterocycles. The van der Waals surface area contributed by atoms with Crippen LogP contribution in [-0.2, 0) is 6.54 Å². The van der Waals surface area contributed by atoms with Crippen LogP contribution in [0.15, 0.2) is 65.5 Å². The van der Waals surface area contributed by atoms with Crippen LogP contribution in [0.3, 0.4) is 0 Å². The highest BCUT2D eigenvalue weighted by Gasteiger charge is 2.08. The van der Waals surface area contributed by atoms with Crippen molar-refractivity contribution in [3.63, 3.8) is 0 Å². The van der Waals surface area contributed by atoms with Crippen LogP contribution in [0.25, 0.3) is 16.6 Å². The van der Waals surface area contributed by atoms with Gasteiger partial charge in [0.25, 0.3) is 5.91 Å². The minimum absolute atomic E-state index is 0.127. The van der Waals surface area contributed by atoms with Gasteiger partial charge in [0.15, 0.2) is 0 Å². The summed E-state index contributed by atoms with van der Waals surface area (Å²) in [5.74, 6) is -0.127. The van der Waals surface area contributed by atoms with Gasteiger partial charge in [-0.2, -0.15) is 0 Å². The van der Waals surface area contributed by atoms with Crippen molar-refractivity contribution in [3.05, 3.63) is 71.1 Å². The second-order valence-corrected chi connectivity index (χ2v) is 6.69. The number of hydrogen-bond donors (Lipinski definition) is 1. The zero-order valence-corrected chi connectivity index (χ0v) is 15.3. The Kier molecular flexibility index (Phi) is 4.49. The number of aromatic nitrogens is 5. The van der Waals surface area contributed by atoms with Crippen LogP contribution >= 0.6 is 15.9 Å². The summed E-state index contributed by atoms with van der Waals surface area (Å²) in [5, 5.41) is 15.2. The van der Waals surface area contributed by atoms with Crippen molar-refractivity contribution in [3.8, 4) is 5.69 Å². The van der Waals surface area contributed by atoms with Crippen LogP contribution in [0.4, 0.5) is 0 Å². The van der Waals surface area contributed by atoms with Crippen LogP contribution in [0.2, 0.25) is 0 Å². The van der Waals surface area contributed by atoms with Crippen molar-refractivity contribution in [1.29, 1.82) is 0 Å². The molecule has 7 nitrogen and oxygen atoms in total. The van der Waals surface area contributed by atoms with Crippen LogP contribution < -0.4 is 5.32 Å². The van der Waals surface area contributed by atoms with E-state index in [0.29, 0.717) is 18.7 Å². The Morgan fingerprint density at radius 3 is 2.92 bits per heavy atom. The lowest BCUT2D eigenvalue weighted by atomic mass is 10.2. The van der Waals surface area contributed by atoms with Gasteiger partial charge in [-0.25, -0.2) is 4.68 Å². The largest absolute Gasteiger partial charge is 0.350 e. The first-order valence-corrected chi connectivity index (χ1v) is 8.86. The number of carbonyl (C=O) groups excluding carboxylic acids is 1. The maximum absolute atomic E-state index is 12.4. The number of amides is 1. The number of nitrogens with one attached hydrogen (secondary N) is 1. The number of nitrogens with zero attached hydrogens (tertiary/aromatic N) is 5. The Bertz CT molecular complexity index is 1060. The van der Waals surface area contributed by atoms with Crippen LogP contribution in [-0.4, -0.2) is 37.2 Å². The molecule has 0 aliphatic heterocycles. The molecule has 4 rings (SSSR count). The highest BCUT2D eigenvalue weighted by molar-refractivity contribution is 9.10. The van der Waals surface area contributed by atoms with E-state index in [9.17, 15) is 4.79 Å². The van der Waals surface area contributed by atoms with Crippen LogP contribution in [0, 0.1) is 0 Å². The number of tetrazole rings is 1. The zero-order chi connectivity index (χ0) is 17.9. The fourth-order valence-electron chi connectivity index (χ4n) is 2.81. The molecule has 130 valence electrons. The lowest BCUT2D eigenvalue weighted by molar-refractivity contribution is 0.0952. The van der Waals surface area contributed by atoms with Crippen molar-refractivity contribution in [2.24, 2.45) is 0 Å². The molecule has 8 heteroatoms. The van der Waals surface area contributed by atoms with Gasteiger partial charge in [-0.3, -0.25) is 4.79 Å². The van der Waals surface area contributed by atoms with Gasteiger partial charge in [0, 0.05) is 34.8 Å². The molecule has 26 heavy (non-hydrogen) atoms. The van der Waals surface area contributed by atoms with Gasteiger partial charge in [-0.1, -0.05) is 28.1 Å². The molecule has 2 heterocycles. The average Bonchev–Trinajstić information content (AvgIpc) is 3.32. The predicted octanol–water partition coefficient (Wildman–Crippen LogP) is 2.81. The SMILES string of the molecule is O=C(NCCn1ccc2ccc(Br)cc21)c1cccc(-n2cnnn2)c1. The molecule has 0 aliphatic rings. The van der Waals surface area contributed by atoms with Gasteiger partial charge in [-0.15, -0.1) is 5.10 Å². The first kappa shape index (κ1) is 16.5. The van der Waals surface area contributed by atoms with E-state index in [2.05, 4.69) is 59.5 Å². The number of benzene rings is 2. The van der Waals surface area contributed by atoms with Gasteiger partial charge in [0.05, 0.1) is 5.69 Å². The molecule has 2 aromatic heterocycles. The molecule has 1 N–H and O–H groups in total. The van der Waals surface area contributed by atoms with Crippen molar-refractivity contribution < 1.29 is 4.79 Å². The second kappa shape index (κ2) is 7.09. The fourth-order valence-corrected chi connectivity index (χ4v) is 3.16. The molecule has 0 unspecified atom stereocenters. The zero-order valence-electron chi connectivity index (χ0n) is 13.7. The first-order valence-electron chi connectivity index (χ1n) is 8.07. The third-order valence-corrected chi connectivity index (χ3v) is 4.59. The van der Waals surface area contributed by atoms with E-state index in [1.807, 2.05) is 24.4 Å². The van der Waals surface area contributed by atoms with E-state index in [0.717, 1.165) is 15.7 Å². The minimum atomic E-state index is -0.127. The summed E-state index contributed by atoms with van der Waals surface area (Å²) in [7, 11) is 0. The lowest BCUT2D eigenvalue weighted by Gasteiger charge is -2.09. The quantitative estimate of drug-likeness (QED) is 0.548. The van der Waals surface area contributed by atoms with Crippen molar-refractivity contribution >= 4 is 32.7 Å². The number of rotatable bonds is 5. The van der Waals surface area contributed by atoms with Gasteiger partial charge in [0.1, 0.15) is 6.33 Å². The van der Waals surface area contributed by atoms with Crippen molar-refractivity contribution in [1.82, 2.24) is 30.1 Å². The van der Waals surface area contributed by atoms with E-state index in [1.165, 1.54) is 16.4 Å². The molecule has 2 aromatic carbocycles. The number of carbonyl (C=O) groups is 1. The highest BCUT2D eigenvalue weighted by Crippen LogP contribution is 2.20. The number of halogens is 1. The Morgan fingerprint density at radius 1 is 1.15 bits per heavy atom. The molecular formula is C18H15BrN6O. The average molecular weight is 411 g/mol. The molecule has 1 amide bonds. The molecule has 0 spiro atoms. The van der Waals surface area contributed by atoms with Crippen LogP contribution in [0.1, 0.15) is 10.4 Å². The van der Waals surface area contributed by atoms with Gasteiger partial charge >= 0.3 is 0 Å². The molecule has 0 radical (unpaired) electrons. The Labute approximate surface area is 157 Å². The van der Waals surface area contributed by atoms with Gasteiger partial charge in [-0.05, 0) is 52.2 Å². The van der Waals surface area contributed by atoms with E-state index >= 15 is 0 Å². The third kappa shape index (κ3) is 3.36. The molecule has 0 aliphatic carbocycles. The summed E-state index contributed by atoms with van der Waals surface area (Å²) >= 11 is 3.50. The van der Waals surface area contributed by atoms with E-state index in [4.69, 9.17) is 0 Å². The number of hydrogen-bond acceptors (Lipinski definition) is 4. The fraction of sp³-hybridized carbons (Fsp3) is 0.111. The molecule has 0 atom stereocenters. The van der Waals surface area contributed by atoms with Gasteiger partial charge < -0.3 is 9.88 Å². The van der Waals surface area contributed by atoms with E-state index < -0.39 is 0 Å². The standard InChI is InChI=1S/C18H15BrN6O/c19-15-5-4-13-6-8-24(17(13)11-15)9-7-20-18(26)14-2-1-3-16(10-14)25-12-21-22-23-25/h1-6,8,10-12H,7,9H2,(H,20,26). The topological polar surface area (TPSA) is 77.6 Å². The normalized spacial score (nSPS) is 11.0. The summed E-state index contributed by atoms with van der Waals surface area (Å²) in [6.07, 6.45) is 3.52. The van der Waals surface area contributed by atoms with Crippen molar-refractivity contribution in [2.45, 2.75) is 6.54 Å². The minimum Gasteiger partial charge on any atom is -0.350 e. The van der Waals surface area contributed by atoms with E-state index in [1.54, 1.807) is 12.1 Å². The second-order valence-electron chi connectivity index (χ2n) is 5.77. The summed E-state index contributed by atoms with van der Waals surface area (Å²) in [5.41, 5.74) is 2.44. The Balaban J connectivity index is 1.42.